The molecule has 0 aliphatic carbocycles. The summed E-state index contributed by atoms with van der Waals surface area (Å²) in [7, 11) is 0. The number of para-hydroxylation sites is 1. The summed E-state index contributed by atoms with van der Waals surface area (Å²) in [5, 5.41) is 8.69. The highest BCUT2D eigenvalue weighted by molar-refractivity contribution is 5.67. The van der Waals surface area contributed by atoms with Gasteiger partial charge < -0.3 is 15.6 Å². The lowest BCUT2D eigenvalue weighted by Crippen LogP contribution is -2.39. The molecule has 86 valence electrons. The van der Waals surface area contributed by atoms with Gasteiger partial charge in [0.15, 0.2) is 0 Å². The molecule has 1 aromatic carbocycles. The molecule has 0 amide bonds. The summed E-state index contributed by atoms with van der Waals surface area (Å²) in [6.45, 7) is 0.505. The molecule has 0 bridgehead atoms. The number of rotatable bonds is 3. The fraction of sp³-hybridized carbons (Fsp3) is 0.417. The Balaban J connectivity index is 2.05. The van der Waals surface area contributed by atoms with Gasteiger partial charge in [-0.1, -0.05) is 18.2 Å². The number of fused-ring (bicyclic) bond motifs is 1. The molecule has 0 aromatic heterocycles. The predicted octanol–water partition coefficient (Wildman–Crippen LogP) is 1.04. The summed E-state index contributed by atoms with van der Waals surface area (Å²) >= 11 is 0. The first-order valence-corrected chi connectivity index (χ1v) is 5.35. The average Bonchev–Trinajstić information content (AvgIpc) is 2.27. The maximum Gasteiger partial charge on any atom is 0.304 e. The quantitative estimate of drug-likeness (QED) is 0.799. The van der Waals surface area contributed by atoms with E-state index >= 15 is 0 Å². The number of ether oxygens (including phenoxy) is 1. The van der Waals surface area contributed by atoms with Crippen LogP contribution in [0.3, 0.4) is 0 Å². The van der Waals surface area contributed by atoms with Gasteiger partial charge in [-0.15, -0.1) is 0 Å². The average molecular weight is 221 g/mol. The summed E-state index contributed by atoms with van der Waals surface area (Å²) in [6.07, 6.45) is 0.792. The fourth-order valence-corrected chi connectivity index (χ4v) is 1.99. The van der Waals surface area contributed by atoms with Crippen molar-refractivity contribution in [2.24, 2.45) is 11.7 Å². The second kappa shape index (κ2) is 4.53. The van der Waals surface area contributed by atoms with Gasteiger partial charge in [-0.05, 0) is 18.1 Å². The van der Waals surface area contributed by atoms with Gasteiger partial charge in [0.1, 0.15) is 5.75 Å². The number of carboxylic acid groups (broad SMARTS) is 1. The van der Waals surface area contributed by atoms with Crippen LogP contribution in [0.25, 0.3) is 0 Å². The lowest BCUT2D eigenvalue weighted by atomic mass is 9.89. The van der Waals surface area contributed by atoms with Crippen LogP contribution in [0.1, 0.15) is 12.0 Å². The van der Waals surface area contributed by atoms with E-state index in [1.807, 2.05) is 24.3 Å². The van der Waals surface area contributed by atoms with Gasteiger partial charge in [-0.25, -0.2) is 0 Å². The first kappa shape index (κ1) is 11.0. The minimum atomic E-state index is -0.855. The van der Waals surface area contributed by atoms with Crippen LogP contribution >= 0.6 is 0 Å². The molecule has 0 radical (unpaired) electrons. The molecule has 1 aliphatic rings. The van der Waals surface area contributed by atoms with E-state index in [0.29, 0.717) is 6.61 Å². The van der Waals surface area contributed by atoms with Crippen molar-refractivity contribution in [1.29, 1.82) is 0 Å². The van der Waals surface area contributed by atoms with E-state index in [2.05, 4.69) is 0 Å². The van der Waals surface area contributed by atoms with Gasteiger partial charge in [0.05, 0.1) is 13.0 Å². The van der Waals surface area contributed by atoms with E-state index in [1.165, 1.54) is 0 Å². The number of carbonyl (C=O) groups is 1. The molecule has 4 heteroatoms. The maximum absolute atomic E-state index is 10.6. The molecule has 0 spiro atoms. The van der Waals surface area contributed by atoms with Crippen molar-refractivity contribution in [3.05, 3.63) is 29.8 Å². The van der Waals surface area contributed by atoms with Crippen LogP contribution in [-0.4, -0.2) is 23.7 Å². The van der Waals surface area contributed by atoms with Gasteiger partial charge in [0.2, 0.25) is 0 Å². The molecule has 0 saturated carbocycles. The topological polar surface area (TPSA) is 72.6 Å². The van der Waals surface area contributed by atoms with E-state index in [9.17, 15) is 4.79 Å². The minimum Gasteiger partial charge on any atom is -0.493 e. The number of hydrogen-bond acceptors (Lipinski definition) is 3. The van der Waals surface area contributed by atoms with Gasteiger partial charge in [0, 0.05) is 12.0 Å². The number of benzene rings is 1. The molecule has 0 saturated heterocycles. The lowest BCUT2D eigenvalue weighted by Gasteiger charge is -2.28. The highest BCUT2D eigenvalue weighted by Crippen LogP contribution is 2.28. The third-order valence-corrected chi connectivity index (χ3v) is 2.92. The summed E-state index contributed by atoms with van der Waals surface area (Å²) in [4.78, 5) is 10.6. The molecular formula is C12H15NO3. The van der Waals surface area contributed by atoms with E-state index in [1.54, 1.807) is 0 Å². The molecular weight excluding hydrogens is 206 g/mol. The van der Waals surface area contributed by atoms with Crippen molar-refractivity contribution < 1.29 is 14.6 Å². The smallest absolute Gasteiger partial charge is 0.304 e. The van der Waals surface area contributed by atoms with Crippen LogP contribution in [0.5, 0.6) is 5.75 Å². The Labute approximate surface area is 94.0 Å². The Morgan fingerprint density at radius 2 is 2.31 bits per heavy atom. The van der Waals surface area contributed by atoms with Crippen LogP contribution in [0.15, 0.2) is 24.3 Å². The SMILES string of the molecule is NC(CC(=O)O)C1COc2ccccc2C1. The monoisotopic (exact) mass is 221 g/mol. The molecule has 2 unspecified atom stereocenters. The van der Waals surface area contributed by atoms with Gasteiger partial charge >= 0.3 is 5.97 Å². The Morgan fingerprint density at radius 3 is 3.06 bits per heavy atom. The Bertz CT molecular complexity index is 392. The number of aliphatic carboxylic acids is 1. The lowest BCUT2D eigenvalue weighted by molar-refractivity contribution is -0.137. The molecule has 1 aromatic rings. The van der Waals surface area contributed by atoms with Crippen LogP contribution in [0, 0.1) is 5.92 Å². The number of hydrogen-bond donors (Lipinski definition) is 2. The van der Waals surface area contributed by atoms with Crippen molar-refractivity contribution in [3.8, 4) is 5.75 Å². The molecule has 2 rings (SSSR count). The predicted molar refractivity (Wildman–Crippen MR) is 59.4 cm³/mol. The molecule has 2 atom stereocenters. The van der Waals surface area contributed by atoms with Crippen molar-refractivity contribution in [3.63, 3.8) is 0 Å². The third-order valence-electron chi connectivity index (χ3n) is 2.92. The molecule has 4 nitrogen and oxygen atoms in total. The Morgan fingerprint density at radius 1 is 1.56 bits per heavy atom. The van der Waals surface area contributed by atoms with Crippen LogP contribution in [0.2, 0.25) is 0 Å². The standard InChI is InChI=1S/C12H15NO3/c13-10(6-12(14)15)9-5-8-3-1-2-4-11(8)16-7-9/h1-4,9-10H,5-7,13H2,(H,14,15). The normalized spacial score (nSPS) is 20.7. The van der Waals surface area contributed by atoms with Crippen LogP contribution in [0.4, 0.5) is 0 Å². The molecule has 1 aliphatic heterocycles. The van der Waals surface area contributed by atoms with Crippen molar-refractivity contribution >= 4 is 5.97 Å². The van der Waals surface area contributed by atoms with E-state index < -0.39 is 5.97 Å². The highest BCUT2D eigenvalue weighted by Gasteiger charge is 2.26. The van der Waals surface area contributed by atoms with Crippen molar-refractivity contribution in [2.75, 3.05) is 6.61 Å². The second-order valence-corrected chi connectivity index (χ2v) is 4.14. The van der Waals surface area contributed by atoms with E-state index in [-0.39, 0.29) is 18.4 Å². The van der Waals surface area contributed by atoms with Gasteiger partial charge in [-0.3, -0.25) is 4.79 Å². The zero-order valence-electron chi connectivity index (χ0n) is 8.93. The zero-order valence-corrected chi connectivity index (χ0v) is 8.93. The van der Waals surface area contributed by atoms with Crippen LogP contribution < -0.4 is 10.5 Å². The van der Waals surface area contributed by atoms with Gasteiger partial charge in [0.25, 0.3) is 0 Å². The summed E-state index contributed by atoms with van der Waals surface area (Å²) in [5.74, 6) is 0.124. The first-order valence-electron chi connectivity index (χ1n) is 5.35. The zero-order chi connectivity index (χ0) is 11.5. The highest BCUT2D eigenvalue weighted by atomic mass is 16.5. The first-order chi connectivity index (χ1) is 7.66. The minimum absolute atomic E-state index is 0.00378. The molecule has 16 heavy (non-hydrogen) atoms. The van der Waals surface area contributed by atoms with E-state index in [0.717, 1.165) is 17.7 Å². The second-order valence-electron chi connectivity index (χ2n) is 4.14. The number of nitrogens with two attached hydrogens (primary N) is 1. The van der Waals surface area contributed by atoms with E-state index in [4.69, 9.17) is 15.6 Å². The summed E-state index contributed by atoms with van der Waals surface area (Å²) in [5.41, 5.74) is 6.96. The fourth-order valence-electron chi connectivity index (χ4n) is 1.99. The number of carboxylic acids is 1. The molecule has 0 fully saturated rings. The summed E-state index contributed by atoms with van der Waals surface area (Å²) < 4.78 is 5.57. The third kappa shape index (κ3) is 2.33. The maximum atomic E-state index is 10.6. The summed E-state index contributed by atoms with van der Waals surface area (Å²) in [6, 6.07) is 7.46. The largest absolute Gasteiger partial charge is 0.493 e. The van der Waals surface area contributed by atoms with Crippen LogP contribution in [-0.2, 0) is 11.2 Å². The van der Waals surface area contributed by atoms with Crippen molar-refractivity contribution in [1.82, 2.24) is 0 Å². The van der Waals surface area contributed by atoms with Gasteiger partial charge in [-0.2, -0.15) is 0 Å². The molecule has 1 heterocycles. The molecule has 3 N–H and O–H groups in total. The Kier molecular flexibility index (Phi) is 3.10. The van der Waals surface area contributed by atoms with Crippen molar-refractivity contribution in [2.45, 2.75) is 18.9 Å². The Hall–Kier alpha value is -1.55.